The van der Waals surface area contributed by atoms with Crippen molar-refractivity contribution in [3.8, 4) is 0 Å². The van der Waals surface area contributed by atoms with Gasteiger partial charge in [-0.15, -0.1) is 9.24 Å². The Morgan fingerprint density at radius 1 is 1.29 bits per heavy atom. The first kappa shape index (κ1) is 15.6. The molecule has 1 aliphatic carbocycles. The van der Waals surface area contributed by atoms with Gasteiger partial charge >= 0.3 is 0 Å². The van der Waals surface area contributed by atoms with Crippen LogP contribution in [0.15, 0.2) is 64.5 Å². The molecule has 0 radical (unpaired) electrons. The summed E-state index contributed by atoms with van der Waals surface area (Å²) in [5.41, 5.74) is 9.77. The van der Waals surface area contributed by atoms with Gasteiger partial charge in [0.15, 0.2) is 0 Å². The number of likely N-dealkylation sites (tertiary alicyclic amines) is 1. The van der Waals surface area contributed by atoms with Crippen molar-refractivity contribution in [3.63, 3.8) is 0 Å². The first-order chi connectivity index (χ1) is 11.6. The van der Waals surface area contributed by atoms with Crippen molar-refractivity contribution in [2.45, 2.75) is 25.4 Å². The second-order valence-electron chi connectivity index (χ2n) is 6.69. The molecule has 24 heavy (non-hydrogen) atoms. The fraction of sp³-hybridized carbons (Fsp3) is 0.316. The lowest BCUT2D eigenvalue weighted by Crippen LogP contribution is -2.43. The third kappa shape index (κ3) is 2.81. The minimum atomic E-state index is 0.166. The quantitative estimate of drug-likeness (QED) is 0.807. The number of nitrogens with one attached hydrogen (secondary N) is 1. The Balaban J connectivity index is 1.80. The van der Waals surface area contributed by atoms with Crippen molar-refractivity contribution in [3.05, 3.63) is 65.0 Å². The summed E-state index contributed by atoms with van der Waals surface area (Å²) in [6, 6.07) is 8.71. The molecule has 5 heteroatoms. The molecule has 4 rings (SSSR count). The molecule has 1 fully saturated rings. The molecule has 3 N–H and O–H groups in total. The number of aliphatic imine (C=N–C) groups is 1. The van der Waals surface area contributed by atoms with Gasteiger partial charge in [0.25, 0.3) is 0 Å². The van der Waals surface area contributed by atoms with Crippen LogP contribution >= 0.6 is 9.24 Å². The summed E-state index contributed by atoms with van der Waals surface area (Å²) in [6.07, 6.45) is 7.65. The Bertz CT molecular complexity index is 790. The van der Waals surface area contributed by atoms with Crippen LogP contribution in [0.25, 0.3) is 0 Å². The summed E-state index contributed by atoms with van der Waals surface area (Å²) in [5.74, 6) is 2.00. The zero-order valence-corrected chi connectivity index (χ0v) is 15.0. The van der Waals surface area contributed by atoms with Gasteiger partial charge in [-0.25, -0.2) is 4.99 Å². The molecule has 0 aromatic heterocycles. The number of rotatable bonds is 2. The summed E-state index contributed by atoms with van der Waals surface area (Å²) in [5, 5.41) is 4.75. The SMILES string of the molecule is CC1=CC2NC(c3ccccc3P)=NC(N3CC[C@@H](N)C3)=C2C=C1. The normalized spacial score (nSPS) is 26.0. The van der Waals surface area contributed by atoms with E-state index in [1.54, 1.807) is 0 Å². The number of hydrogen-bond donors (Lipinski definition) is 2. The molecular weight excluding hydrogens is 315 g/mol. The summed E-state index contributed by atoms with van der Waals surface area (Å²) >= 11 is 0. The van der Waals surface area contributed by atoms with Crippen molar-refractivity contribution in [1.82, 2.24) is 10.2 Å². The number of fused-ring (bicyclic) bond motifs is 1. The molecule has 2 aliphatic heterocycles. The van der Waals surface area contributed by atoms with E-state index in [2.05, 4.69) is 62.8 Å². The Kier molecular flexibility index (Phi) is 4.03. The van der Waals surface area contributed by atoms with E-state index in [4.69, 9.17) is 10.7 Å². The van der Waals surface area contributed by atoms with Gasteiger partial charge in [0, 0.05) is 30.3 Å². The highest BCUT2D eigenvalue weighted by Gasteiger charge is 2.30. The molecule has 2 heterocycles. The van der Waals surface area contributed by atoms with E-state index in [0.29, 0.717) is 0 Å². The number of nitrogens with zero attached hydrogens (tertiary/aromatic N) is 2. The van der Waals surface area contributed by atoms with Crippen LogP contribution in [-0.4, -0.2) is 35.9 Å². The van der Waals surface area contributed by atoms with Crippen LogP contribution in [0.2, 0.25) is 0 Å². The van der Waals surface area contributed by atoms with Crippen LogP contribution < -0.4 is 16.4 Å². The number of benzene rings is 1. The lowest BCUT2D eigenvalue weighted by Gasteiger charge is -2.32. The van der Waals surface area contributed by atoms with Crippen LogP contribution in [0.3, 0.4) is 0 Å². The Hall–Kier alpha value is -1.90. The Morgan fingerprint density at radius 2 is 2.12 bits per heavy atom. The minimum Gasteiger partial charge on any atom is -0.359 e. The van der Waals surface area contributed by atoms with Gasteiger partial charge in [0.05, 0.1) is 6.04 Å². The molecule has 2 unspecified atom stereocenters. The highest BCUT2D eigenvalue weighted by atomic mass is 31.0. The molecule has 0 saturated carbocycles. The number of nitrogens with two attached hydrogens (primary N) is 1. The van der Waals surface area contributed by atoms with Gasteiger partial charge in [0.2, 0.25) is 0 Å². The molecular formula is C19H23N4P. The predicted molar refractivity (Wildman–Crippen MR) is 103 cm³/mol. The third-order valence-electron chi connectivity index (χ3n) is 4.80. The summed E-state index contributed by atoms with van der Waals surface area (Å²) in [4.78, 5) is 7.33. The lowest BCUT2D eigenvalue weighted by atomic mass is 9.95. The molecule has 1 aromatic carbocycles. The largest absolute Gasteiger partial charge is 0.359 e. The summed E-state index contributed by atoms with van der Waals surface area (Å²) in [7, 11) is 2.80. The standard InChI is InChI=1S/C19H23N4P/c1-12-6-7-14-16(10-12)21-18(15-4-2-3-5-17(15)24)22-19(14)23-9-8-13(20)11-23/h2-7,10,13,16H,8-9,11,20,24H2,1H3,(H,21,22)/t13-,16?/m1/s1. The maximum absolute atomic E-state index is 6.13. The molecule has 1 aromatic rings. The van der Waals surface area contributed by atoms with Gasteiger partial charge < -0.3 is 16.0 Å². The van der Waals surface area contributed by atoms with Crippen LogP contribution in [0.4, 0.5) is 0 Å². The molecule has 4 nitrogen and oxygen atoms in total. The van der Waals surface area contributed by atoms with E-state index < -0.39 is 0 Å². The molecule has 1 saturated heterocycles. The van der Waals surface area contributed by atoms with Gasteiger partial charge in [-0.1, -0.05) is 48.1 Å². The van der Waals surface area contributed by atoms with E-state index in [1.165, 1.54) is 11.1 Å². The van der Waals surface area contributed by atoms with E-state index in [1.807, 2.05) is 6.07 Å². The van der Waals surface area contributed by atoms with Crippen molar-refractivity contribution in [2.75, 3.05) is 13.1 Å². The second kappa shape index (κ2) is 6.19. The fourth-order valence-electron chi connectivity index (χ4n) is 3.50. The van der Waals surface area contributed by atoms with E-state index in [-0.39, 0.29) is 12.1 Å². The monoisotopic (exact) mass is 338 g/mol. The molecule has 3 atom stereocenters. The predicted octanol–water partition coefficient (Wildman–Crippen LogP) is 1.67. The third-order valence-corrected chi connectivity index (χ3v) is 5.30. The first-order valence-electron chi connectivity index (χ1n) is 8.43. The zero-order valence-electron chi connectivity index (χ0n) is 13.9. The molecule has 0 spiro atoms. The van der Waals surface area contributed by atoms with E-state index in [9.17, 15) is 0 Å². The van der Waals surface area contributed by atoms with Crippen LogP contribution in [0, 0.1) is 0 Å². The average molecular weight is 338 g/mol. The number of hydrogen-bond acceptors (Lipinski definition) is 4. The van der Waals surface area contributed by atoms with Gasteiger partial charge in [-0.05, 0) is 18.6 Å². The fourth-order valence-corrected chi connectivity index (χ4v) is 3.84. The molecule has 124 valence electrons. The summed E-state index contributed by atoms with van der Waals surface area (Å²) < 4.78 is 0. The molecule has 0 bridgehead atoms. The van der Waals surface area contributed by atoms with Crippen molar-refractivity contribution >= 4 is 20.4 Å². The highest BCUT2D eigenvalue weighted by molar-refractivity contribution is 7.27. The maximum Gasteiger partial charge on any atom is 0.137 e. The first-order valence-corrected chi connectivity index (χ1v) is 9.01. The average Bonchev–Trinajstić information content (AvgIpc) is 3.00. The number of amidine groups is 1. The maximum atomic E-state index is 6.13. The summed E-state index contributed by atoms with van der Waals surface area (Å²) in [6.45, 7) is 3.99. The zero-order chi connectivity index (χ0) is 16.7. The number of allylic oxidation sites excluding steroid dienone is 2. The minimum absolute atomic E-state index is 0.166. The van der Waals surface area contributed by atoms with Crippen LogP contribution in [0.5, 0.6) is 0 Å². The van der Waals surface area contributed by atoms with Crippen molar-refractivity contribution in [2.24, 2.45) is 10.7 Å². The van der Waals surface area contributed by atoms with Gasteiger partial charge in [-0.2, -0.15) is 0 Å². The Morgan fingerprint density at radius 3 is 2.88 bits per heavy atom. The van der Waals surface area contributed by atoms with Crippen LogP contribution in [-0.2, 0) is 0 Å². The van der Waals surface area contributed by atoms with Gasteiger partial charge in [-0.3, -0.25) is 0 Å². The van der Waals surface area contributed by atoms with Gasteiger partial charge in [0.1, 0.15) is 11.7 Å². The molecule has 0 amide bonds. The topological polar surface area (TPSA) is 53.7 Å². The Labute approximate surface area is 145 Å². The van der Waals surface area contributed by atoms with Crippen molar-refractivity contribution < 1.29 is 0 Å². The lowest BCUT2D eigenvalue weighted by molar-refractivity contribution is 0.406. The second-order valence-corrected chi connectivity index (χ2v) is 7.31. The highest BCUT2D eigenvalue weighted by Crippen LogP contribution is 2.29. The van der Waals surface area contributed by atoms with Crippen molar-refractivity contribution in [1.29, 1.82) is 0 Å². The van der Waals surface area contributed by atoms with E-state index >= 15 is 0 Å². The smallest absolute Gasteiger partial charge is 0.137 e. The van der Waals surface area contributed by atoms with E-state index in [0.717, 1.165) is 42.0 Å². The molecule has 3 aliphatic rings. The van der Waals surface area contributed by atoms with Crippen LogP contribution in [0.1, 0.15) is 18.9 Å².